The van der Waals surface area contributed by atoms with E-state index in [0.717, 1.165) is 5.82 Å². The number of morpholine rings is 1. The molecule has 0 aliphatic carbocycles. The molecule has 0 amide bonds. The predicted octanol–water partition coefficient (Wildman–Crippen LogP) is -0.0248. The lowest BCUT2D eigenvalue weighted by atomic mass is 10.3. The molecule has 1 aliphatic rings. The van der Waals surface area contributed by atoms with E-state index in [1.165, 1.54) is 6.33 Å². The maximum atomic E-state index is 9.16. The number of fused-ring (bicyclic) bond motifs is 1. The second-order valence-electron chi connectivity index (χ2n) is 4.03. The largest absolute Gasteiger partial charge is 0.394 e. The van der Waals surface area contributed by atoms with Crippen molar-refractivity contribution in [2.24, 2.45) is 0 Å². The van der Waals surface area contributed by atoms with Gasteiger partial charge in [0.15, 0.2) is 0 Å². The average Bonchev–Trinajstić information content (AvgIpc) is 2.85. The minimum absolute atomic E-state index is 0.00415. The number of hydrogen-bond donors (Lipinski definition) is 1. The minimum atomic E-state index is -0.190. The SMILES string of the molecule is OCC1CN(c2cc(Cl)nc3ncnn23)CCO1. The number of aliphatic hydroxyl groups is 1. The van der Waals surface area contributed by atoms with E-state index >= 15 is 0 Å². The van der Waals surface area contributed by atoms with E-state index in [1.54, 1.807) is 10.6 Å². The average molecular weight is 270 g/mol. The lowest BCUT2D eigenvalue weighted by Gasteiger charge is -2.33. The van der Waals surface area contributed by atoms with Crippen LogP contribution in [0.4, 0.5) is 5.82 Å². The van der Waals surface area contributed by atoms with E-state index in [9.17, 15) is 0 Å². The van der Waals surface area contributed by atoms with Crippen molar-refractivity contribution in [1.29, 1.82) is 0 Å². The number of aliphatic hydroxyl groups excluding tert-OH is 1. The highest BCUT2D eigenvalue weighted by Gasteiger charge is 2.22. The zero-order valence-electron chi connectivity index (χ0n) is 9.53. The van der Waals surface area contributed by atoms with Crippen LogP contribution in [0.3, 0.4) is 0 Å². The van der Waals surface area contributed by atoms with Gasteiger partial charge in [-0.2, -0.15) is 19.6 Å². The van der Waals surface area contributed by atoms with E-state index < -0.39 is 0 Å². The lowest BCUT2D eigenvalue weighted by molar-refractivity contribution is 0.00326. The molecule has 0 bridgehead atoms. The van der Waals surface area contributed by atoms with Gasteiger partial charge in [-0.1, -0.05) is 11.6 Å². The summed E-state index contributed by atoms with van der Waals surface area (Å²) >= 11 is 5.97. The molecule has 1 unspecified atom stereocenters. The fraction of sp³-hybridized carbons (Fsp3) is 0.500. The maximum absolute atomic E-state index is 9.16. The second-order valence-corrected chi connectivity index (χ2v) is 4.42. The number of hydrogen-bond acceptors (Lipinski definition) is 6. The Hall–Kier alpha value is -1.44. The summed E-state index contributed by atoms with van der Waals surface area (Å²) in [5.74, 6) is 1.27. The highest BCUT2D eigenvalue weighted by molar-refractivity contribution is 6.29. The van der Waals surface area contributed by atoms with Gasteiger partial charge >= 0.3 is 0 Å². The first-order chi connectivity index (χ1) is 8.78. The summed E-state index contributed by atoms with van der Waals surface area (Å²) in [5.41, 5.74) is 0. The summed E-state index contributed by atoms with van der Waals surface area (Å²) in [6.45, 7) is 1.86. The number of aromatic nitrogens is 4. The minimum Gasteiger partial charge on any atom is -0.394 e. The van der Waals surface area contributed by atoms with E-state index in [4.69, 9.17) is 21.4 Å². The molecule has 96 valence electrons. The smallest absolute Gasteiger partial charge is 0.255 e. The van der Waals surface area contributed by atoms with Gasteiger partial charge < -0.3 is 14.7 Å². The molecule has 3 rings (SSSR count). The van der Waals surface area contributed by atoms with E-state index in [1.807, 2.05) is 0 Å². The van der Waals surface area contributed by atoms with E-state index in [2.05, 4.69) is 20.0 Å². The van der Waals surface area contributed by atoms with Gasteiger partial charge in [-0.25, -0.2) is 0 Å². The Labute approximate surface area is 108 Å². The van der Waals surface area contributed by atoms with Crippen LogP contribution in [0.1, 0.15) is 0 Å². The number of halogens is 1. The predicted molar refractivity (Wildman–Crippen MR) is 64.8 cm³/mol. The molecule has 7 nitrogen and oxygen atoms in total. The Morgan fingerprint density at radius 2 is 2.44 bits per heavy atom. The third kappa shape index (κ3) is 2.00. The normalized spacial score (nSPS) is 20.6. The fourth-order valence-corrected chi connectivity index (χ4v) is 2.21. The van der Waals surface area contributed by atoms with Crippen LogP contribution in [0.2, 0.25) is 5.15 Å². The van der Waals surface area contributed by atoms with Crippen LogP contribution >= 0.6 is 11.6 Å². The van der Waals surface area contributed by atoms with Crippen molar-refractivity contribution in [1.82, 2.24) is 19.6 Å². The molecular weight excluding hydrogens is 258 g/mol. The van der Waals surface area contributed by atoms with Gasteiger partial charge in [0.05, 0.1) is 19.3 Å². The first-order valence-corrected chi connectivity index (χ1v) is 5.99. The number of anilines is 1. The third-order valence-corrected chi connectivity index (χ3v) is 3.06. The van der Waals surface area contributed by atoms with Crippen LogP contribution < -0.4 is 4.90 Å². The number of nitrogens with zero attached hydrogens (tertiary/aromatic N) is 5. The molecule has 2 aromatic heterocycles. The summed E-state index contributed by atoms with van der Waals surface area (Å²) < 4.78 is 7.05. The molecule has 18 heavy (non-hydrogen) atoms. The number of ether oxygens (including phenoxy) is 1. The maximum Gasteiger partial charge on any atom is 0.255 e. The van der Waals surface area contributed by atoms with Crippen molar-refractivity contribution in [3.05, 3.63) is 17.5 Å². The second kappa shape index (κ2) is 4.68. The molecular formula is C10H12ClN5O2. The molecule has 0 aromatic carbocycles. The van der Waals surface area contributed by atoms with Gasteiger partial charge in [-0.3, -0.25) is 0 Å². The fourth-order valence-electron chi connectivity index (χ4n) is 2.03. The van der Waals surface area contributed by atoms with Crippen molar-refractivity contribution in [2.45, 2.75) is 6.10 Å². The molecule has 1 aliphatic heterocycles. The zero-order chi connectivity index (χ0) is 12.5. The summed E-state index contributed by atoms with van der Waals surface area (Å²) in [4.78, 5) is 10.2. The molecule has 3 heterocycles. The highest BCUT2D eigenvalue weighted by Crippen LogP contribution is 2.21. The molecule has 1 atom stereocenters. The van der Waals surface area contributed by atoms with Gasteiger partial charge in [0.1, 0.15) is 17.3 Å². The van der Waals surface area contributed by atoms with Crippen molar-refractivity contribution in [2.75, 3.05) is 31.2 Å². The van der Waals surface area contributed by atoms with Crippen molar-refractivity contribution in [3.63, 3.8) is 0 Å². The van der Waals surface area contributed by atoms with Crippen LogP contribution in [-0.4, -0.2) is 57.1 Å². The molecule has 1 fully saturated rings. The summed E-state index contributed by atoms with van der Waals surface area (Å²) in [6.07, 6.45) is 1.25. The third-order valence-electron chi connectivity index (χ3n) is 2.87. The van der Waals surface area contributed by atoms with Crippen molar-refractivity contribution >= 4 is 23.2 Å². The van der Waals surface area contributed by atoms with E-state index in [-0.39, 0.29) is 12.7 Å². The molecule has 0 spiro atoms. The number of rotatable bonds is 2. The van der Waals surface area contributed by atoms with Gasteiger partial charge in [0, 0.05) is 19.2 Å². The Balaban J connectivity index is 2.00. The van der Waals surface area contributed by atoms with Gasteiger partial charge in [-0.15, -0.1) is 0 Å². The van der Waals surface area contributed by atoms with E-state index in [0.29, 0.717) is 30.6 Å². The highest BCUT2D eigenvalue weighted by atomic mass is 35.5. The summed E-state index contributed by atoms with van der Waals surface area (Å²) in [5, 5.41) is 13.7. The summed E-state index contributed by atoms with van der Waals surface area (Å²) in [6, 6.07) is 1.74. The molecule has 1 N–H and O–H groups in total. The first kappa shape index (κ1) is 11.6. The Bertz CT molecular complexity index is 560. The topological polar surface area (TPSA) is 75.8 Å². The van der Waals surface area contributed by atoms with Crippen LogP contribution in [0.25, 0.3) is 5.78 Å². The summed E-state index contributed by atoms with van der Waals surface area (Å²) in [7, 11) is 0. The van der Waals surface area contributed by atoms with Gasteiger partial charge in [0.2, 0.25) is 0 Å². The van der Waals surface area contributed by atoms with Crippen molar-refractivity contribution < 1.29 is 9.84 Å². The molecule has 0 saturated carbocycles. The Morgan fingerprint density at radius 3 is 3.28 bits per heavy atom. The van der Waals surface area contributed by atoms with Crippen LogP contribution in [-0.2, 0) is 4.74 Å². The Kier molecular flexibility index (Phi) is 3.02. The quantitative estimate of drug-likeness (QED) is 0.772. The zero-order valence-corrected chi connectivity index (χ0v) is 10.3. The van der Waals surface area contributed by atoms with Gasteiger partial charge in [-0.05, 0) is 0 Å². The Morgan fingerprint density at radius 1 is 1.56 bits per heavy atom. The van der Waals surface area contributed by atoms with Crippen LogP contribution in [0, 0.1) is 0 Å². The monoisotopic (exact) mass is 269 g/mol. The molecule has 1 saturated heterocycles. The molecule has 8 heteroatoms. The van der Waals surface area contributed by atoms with Crippen LogP contribution in [0.5, 0.6) is 0 Å². The molecule has 2 aromatic rings. The van der Waals surface area contributed by atoms with Crippen LogP contribution in [0.15, 0.2) is 12.4 Å². The first-order valence-electron chi connectivity index (χ1n) is 5.61. The van der Waals surface area contributed by atoms with Crippen molar-refractivity contribution in [3.8, 4) is 0 Å². The van der Waals surface area contributed by atoms with Gasteiger partial charge in [0.25, 0.3) is 5.78 Å². The molecule has 0 radical (unpaired) electrons. The lowest BCUT2D eigenvalue weighted by Crippen LogP contribution is -2.44. The standard InChI is InChI=1S/C10H12ClN5O2/c11-8-3-9(16-10(14-8)12-6-13-16)15-1-2-18-7(4-15)5-17/h3,6-7,17H,1-2,4-5H2.